The summed E-state index contributed by atoms with van der Waals surface area (Å²) >= 11 is 0. The molecular formula is C42H23N5O2. The molecule has 11 aromatic rings. The second kappa shape index (κ2) is 9.82. The van der Waals surface area contributed by atoms with Gasteiger partial charge in [0.25, 0.3) is 0 Å². The molecule has 0 N–H and O–H groups in total. The second-order valence-electron chi connectivity index (χ2n) is 12.3. The zero-order valence-electron chi connectivity index (χ0n) is 25.8. The van der Waals surface area contributed by atoms with Gasteiger partial charge in [-0.25, -0.2) is 19.9 Å². The monoisotopic (exact) mass is 629 g/mol. The first-order chi connectivity index (χ1) is 24.2. The van der Waals surface area contributed by atoms with Crippen molar-refractivity contribution in [2.45, 2.75) is 0 Å². The van der Waals surface area contributed by atoms with Crippen LogP contribution in [0.25, 0.3) is 106 Å². The Morgan fingerprint density at radius 3 is 1.55 bits per heavy atom. The fourth-order valence-corrected chi connectivity index (χ4v) is 7.08. The van der Waals surface area contributed by atoms with E-state index in [4.69, 9.17) is 28.8 Å². The van der Waals surface area contributed by atoms with Crippen LogP contribution in [0.3, 0.4) is 0 Å². The van der Waals surface area contributed by atoms with Crippen molar-refractivity contribution in [2.24, 2.45) is 0 Å². The van der Waals surface area contributed by atoms with E-state index < -0.39 is 0 Å². The fourth-order valence-electron chi connectivity index (χ4n) is 7.08. The summed E-state index contributed by atoms with van der Waals surface area (Å²) in [6.07, 6.45) is 0. The summed E-state index contributed by atoms with van der Waals surface area (Å²) < 4.78 is 14.7. The Kier molecular flexibility index (Phi) is 5.26. The Labute approximate surface area is 277 Å². The lowest BCUT2D eigenvalue weighted by atomic mass is 10.1. The average molecular weight is 630 g/mol. The smallest absolute Gasteiger partial charge is 0.164 e. The summed E-state index contributed by atoms with van der Waals surface area (Å²) in [5.41, 5.74) is 9.73. The first-order valence-electron chi connectivity index (χ1n) is 16.1. The van der Waals surface area contributed by atoms with Crippen LogP contribution in [-0.4, -0.2) is 24.3 Å². The summed E-state index contributed by atoms with van der Waals surface area (Å²) in [6.45, 7) is 0. The van der Waals surface area contributed by atoms with Gasteiger partial charge in [-0.15, -0.1) is 0 Å². The second-order valence-corrected chi connectivity index (χ2v) is 12.3. The molecule has 7 nitrogen and oxygen atoms in total. The molecular weight excluding hydrogens is 606 g/mol. The van der Waals surface area contributed by atoms with E-state index in [1.165, 1.54) is 0 Å². The third-order valence-corrected chi connectivity index (χ3v) is 9.44. The van der Waals surface area contributed by atoms with Crippen LogP contribution in [0.1, 0.15) is 0 Å². The quantitative estimate of drug-likeness (QED) is 0.193. The molecule has 0 bridgehead atoms. The standard InChI is InChI=1S/C42H23N5O2/c1-5-11-35-28(7-1)30-18-15-26(22-37(30)48-35)41-44-40(45-42(46-41)27-16-19-31-29-8-2-6-12-36(29)49-38(31)23-27)25-14-13-24-17-20-39-43-32-9-3-4-10-33(32)47(39)34(24)21-25/h1-23H. The van der Waals surface area contributed by atoms with Crippen molar-refractivity contribution in [3.63, 3.8) is 0 Å². The molecule has 228 valence electrons. The van der Waals surface area contributed by atoms with Crippen LogP contribution in [0.2, 0.25) is 0 Å². The highest BCUT2D eigenvalue weighted by molar-refractivity contribution is 6.07. The summed E-state index contributed by atoms with van der Waals surface area (Å²) in [4.78, 5) is 20.1. The zero-order valence-corrected chi connectivity index (χ0v) is 25.8. The molecule has 0 saturated heterocycles. The number of fused-ring (bicyclic) bond motifs is 11. The third-order valence-electron chi connectivity index (χ3n) is 9.44. The van der Waals surface area contributed by atoms with Crippen LogP contribution in [-0.2, 0) is 0 Å². The number of furan rings is 2. The van der Waals surface area contributed by atoms with Gasteiger partial charge in [0.15, 0.2) is 17.5 Å². The fraction of sp³-hybridized carbons (Fsp3) is 0. The normalized spacial score (nSPS) is 12.1. The van der Waals surface area contributed by atoms with Gasteiger partial charge in [-0.3, -0.25) is 4.40 Å². The predicted octanol–water partition coefficient (Wildman–Crippen LogP) is 10.6. The maximum atomic E-state index is 6.25. The minimum Gasteiger partial charge on any atom is -0.456 e. The van der Waals surface area contributed by atoms with Crippen molar-refractivity contribution in [1.29, 1.82) is 0 Å². The molecule has 5 aromatic heterocycles. The Morgan fingerprint density at radius 2 is 0.898 bits per heavy atom. The number of nitrogens with zero attached hydrogens (tertiary/aromatic N) is 5. The number of pyridine rings is 1. The molecule has 11 rings (SSSR count). The van der Waals surface area contributed by atoms with Crippen LogP contribution < -0.4 is 0 Å². The molecule has 7 heteroatoms. The lowest BCUT2D eigenvalue weighted by Gasteiger charge is -2.10. The van der Waals surface area contributed by atoms with Gasteiger partial charge >= 0.3 is 0 Å². The summed E-state index contributed by atoms with van der Waals surface area (Å²) in [5.74, 6) is 1.68. The van der Waals surface area contributed by atoms with Gasteiger partial charge in [0.05, 0.1) is 16.6 Å². The Bertz CT molecular complexity index is 3000. The predicted molar refractivity (Wildman–Crippen MR) is 194 cm³/mol. The van der Waals surface area contributed by atoms with E-state index in [-0.39, 0.29) is 0 Å². The molecule has 0 fully saturated rings. The molecule has 0 radical (unpaired) electrons. The van der Waals surface area contributed by atoms with Gasteiger partial charge in [-0.2, -0.15) is 0 Å². The van der Waals surface area contributed by atoms with Crippen molar-refractivity contribution < 1.29 is 8.83 Å². The largest absolute Gasteiger partial charge is 0.456 e. The number of benzene rings is 6. The first-order valence-corrected chi connectivity index (χ1v) is 16.1. The number of aromatic nitrogens is 5. The highest BCUT2D eigenvalue weighted by Crippen LogP contribution is 2.35. The van der Waals surface area contributed by atoms with Crippen LogP contribution in [0.5, 0.6) is 0 Å². The van der Waals surface area contributed by atoms with E-state index in [9.17, 15) is 0 Å². The molecule has 0 aliphatic heterocycles. The average Bonchev–Trinajstić information content (AvgIpc) is 3.85. The van der Waals surface area contributed by atoms with E-state index in [1.54, 1.807) is 0 Å². The SMILES string of the molecule is c1ccc2c(c1)nc1ccc3ccc(-c4nc(-c5ccc6c(c5)oc5ccccc56)nc(-c5ccc6c(c5)oc5ccccc56)n4)cc3n12. The van der Waals surface area contributed by atoms with Gasteiger partial charge in [0, 0.05) is 38.2 Å². The molecule has 0 unspecified atom stereocenters. The first kappa shape index (κ1) is 26.2. The summed E-state index contributed by atoms with van der Waals surface area (Å²) in [7, 11) is 0. The van der Waals surface area contributed by atoms with Crippen LogP contribution in [0.4, 0.5) is 0 Å². The lowest BCUT2D eigenvalue weighted by molar-refractivity contribution is 0.668. The minimum absolute atomic E-state index is 0.554. The van der Waals surface area contributed by atoms with E-state index in [2.05, 4.69) is 77.2 Å². The maximum absolute atomic E-state index is 6.25. The topological polar surface area (TPSA) is 82.2 Å². The number of hydrogen-bond acceptors (Lipinski definition) is 6. The van der Waals surface area contributed by atoms with Crippen molar-refractivity contribution in [3.8, 4) is 34.2 Å². The zero-order chi connectivity index (χ0) is 32.1. The molecule has 0 aliphatic rings. The maximum Gasteiger partial charge on any atom is 0.164 e. The van der Waals surface area contributed by atoms with E-state index in [1.807, 2.05) is 66.7 Å². The Morgan fingerprint density at radius 1 is 0.388 bits per heavy atom. The van der Waals surface area contributed by atoms with Gasteiger partial charge in [0.2, 0.25) is 0 Å². The van der Waals surface area contributed by atoms with Gasteiger partial charge in [-0.05, 0) is 72.1 Å². The van der Waals surface area contributed by atoms with Crippen LogP contribution >= 0.6 is 0 Å². The molecule has 0 spiro atoms. The van der Waals surface area contributed by atoms with Gasteiger partial charge in [0.1, 0.15) is 28.0 Å². The minimum atomic E-state index is 0.554. The molecule has 0 saturated carbocycles. The number of imidazole rings is 1. The van der Waals surface area contributed by atoms with Gasteiger partial charge in [-0.1, -0.05) is 72.8 Å². The third kappa shape index (κ3) is 3.96. The molecule has 0 atom stereocenters. The van der Waals surface area contributed by atoms with E-state index in [0.29, 0.717) is 17.5 Å². The summed E-state index contributed by atoms with van der Waals surface area (Å²) in [6, 6.07) is 47.1. The number of para-hydroxylation sites is 4. The lowest BCUT2D eigenvalue weighted by Crippen LogP contribution is -2.00. The Hall–Kier alpha value is -6.86. The molecule has 0 amide bonds. The number of rotatable bonds is 3. The number of hydrogen-bond donors (Lipinski definition) is 0. The van der Waals surface area contributed by atoms with Crippen LogP contribution in [0, 0.1) is 0 Å². The highest BCUT2D eigenvalue weighted by Gasteiger charge is 2.17. The van der Waals surface area contributed by atoms with E-state index >= 15 is 0 Å². The Balaban J connectivity index is 1.14. The molecule has 49 heavy (non-hydrogen) atoms. The molecule has 0 aliphatic carbocycles. The van der Waals surface area contributed by atoms with Crippen molar-refractivity contribution in [1.82, 2.24) is 24.3 Å². The van der Waals surface area contributed by atoms with Crippen LogP contribution in [0.15, 0.2) is 148 Å². The summed E-state index contributed by atoms with van der Waals surface area (Å²) in [5, 5.41) is 5.36. The van der Waals surface area contributed by atoms with Crippen molar-refractivity contribution in [2.75, 3.05) is 0 Å². The molecule has 5 heterocycles. The van der Waals surface area contributed by atoms with Gasteiger partial charge < -0.3 is 8.83 Å². The van der Waals surface area contributed by atoms with Crippen molar-refractivity contribution in [3.05, 3.63) is 140 Å². The highest BCUT2D eigenvalue weighted by atomic mass is 16.3. The van der Waals surface area contributed by atoms with E-state index in [0.717, 1.165) is 88.2 Å². The molecule has 6 aromatic carbocycles. The van der Waals surface area contributed by atoms with Crippen molar-refractivity contribution >= 4 is 71.5 Å².